The monoisotopic (exact) mass is 370 g/mol. The van der Waals surface area contributed by atoms with E-state index in [0.29, 0.717) is 28.9 Å². The fourth-order valence-corrected chi connectivity index (χ4v) is 2.89. The molecule has 0 fully saturated rings. The first kappa shape index (κ1) is 19.7. The fourth-order valence-electron chi connectivity index (χ4n) is 2.59. The van der Waals surface area contributed by atoms with Crippen LogP contribution in [0.1, 0.15) is 43.6 Å². The Labute approximate surface area is 159 Å². The third-order valence-corrected chi connectivity index (χ3v) is 4.35. The number of carbonyl (C=O) groups excluding carboxylic acids is 1. The van der Waals surface area contributed by atoms with Gasteiger partial charge >= 0.3 is 0 Å². The van der Waals surface area contributed by atoms with E-state index in [0.717, 1.165) is 5.56 Å². The van der Waals surface area contributed by atoms with E-state index in [-0.39, 0.29) is 11.6 Å². The van der Waals surface area contributed by atoms with Crippen LogP contribution < -0.4 is 5.32 Å². The van der Waals surface area contributed by atoms with Gasteiger partial charge in [-0.3, -0.25) is 9.48 Å². The predicted octanol–water partition coefficient (Wildman–Crippen LogP) is 4.29. The number of amides is 1. The number of carbonyl (C=O) groups is 1. The minimum absolute atomic E-state index is 0.00174. The molecule has 2 aromatic rings. The summed E-state index contributed by atoms with van der Waals surface area (Å²) < 4.78 is 1.70. The second kappa shape index (κ2) is 8.68. The Morgan fingerprint density at radius 3 is 2.58 bits per heavy atom. The lowest BCUT2D eigenvalue weighted by molar-refractivity contribution is -0.117. The molecule has 0 spiro atoms. The average molecular weight is 371 g/mol. The first-order chi connectivity index (χ1) is 12.3. The number of hydrogen-bond acceptors (Lipinski definition) is 3. The van der Waals surface area contributed by atoms with Crippen LogP contribution in [0.2, 0.25) is 5.15 Å². The third kappa shape index (κ3) is 4.74. The molecule has 1 aromatic carbocycles. The summed E-state index contributed by atoms with van der Waals surface area (Å²) in [5.41, 5.74) is 2.26. The number of aromatic nitrogens is 2. The second-order valence-electron chi connectivity index (χ2n) is 6.64. The van der Waals surface area contributed by atoms with E-state index in [1.807, 2.05) is 50.2 Å². The van der Waals surface area contributed by atoms with Crippen LogP contribution >= 0.6 is 11.6 Å². The predicted molar refractivity (Wildman–Crippen MR) is 103 cm³/mol. The molecule has 136 valence electrons. The molecule has 0 aliphatic rings. The van der Waals surface area contributed by atoms with Crippen LogP contribution in [-0.4, -0.2) is 15.7 Å². The Balaban J connectivity index is 2.24. The Kier molecular flexibility index (Phi) is 6.59. The van der Waals surface area contributed by atoms with Gasteiger partial charge in [0, 0.05) is 12.1 Å². The maximum absolute atomic E-state index is 12.5. The lowest BCUT2D eigenvalue weighted by Crippen LogP contribution is -2.27. The first-order valence-electron chi connectivity index (χ1n) is 8.54. The van der Waals surface area contributed by atoms with Crippen LogP contribution in [0.5, 0.6) is 0 Å². The summed E-state index contributed by atoms with van der Waals surface area (Å²) in [6.07, 6.45) is 1.51. The van der Waals surface area contributed by atoms with Crippen LogP contribution in [-0.2, 0) is 11.3 Å². The molecule has 0 radical (unpaired) electrons. The van der Waals surface area contributed by atoms with Crippen molar-refractivity contribution in [2.45, 2.75) is 40.3 Å². The molecule has 1 N–H and O–H groups in total. The highest BCUT2D eigenvalue weighted by Gasteiger charge is 2.18. The summed E-state index contributed by atoms with van der Waals surface area (Å²) >= 11 is 6.40. The highest BCUT2D eigenvalue weighted by atomic mass is 35.5. The van der Waals surface area contributed by atoms with Gasteiger partial charge in [0.1, 0.15) is 16.8 Å². The van der Waals surface area contributed by atoms with Crippen LogP contribution in [0.4, 0.5) is 0 Å². The number of hydrogen-bond donors (Lipinski definition) is 1. The van der Waals surface area contributed by atoms with Gasteiger partial charge in [-0.15, -0.1) is 0 Å². The van der Waals surface area contributed by atoms with Crippen molar-refractivity contribution in [3.63, 3.8) is 0 Å². The van der Waals surface area contributed by atoms with Gasteiger partial charge < -0.3 is 5.32 Å². The summed E-state index contributed by atoms with van der Waals surface area (Å²) in [6.45, 7) is 8.51. The standard InChI is InChI=1S/C20H23ClN4O/c1-13(2)12-25-19(21)18(15(4)24-25)10-17(11-22)20(26)23-14(3)16-8-6-5-7-9-16/h5-10,13-14H,12H2,1-4H3,(H,23,26)/b17-10+. The number of nitrogens with zero attached hydrogens (tertiary/aromatic N) is 3. The Morgan fingerprint density at radius 1 is 1.35 bits per heavy atom. The van der Waals surface area contributed by atoms with Gasteiger partial charge in [0.15, 0.2) is 0 Å². The van der Waals surface area contributed by atoms with Crippen LogP contribution in [0, 0.1) is 24.2 Å². The fraction of sp³-hybridized carbons (Fsp3) is 0.350. The topological polar surface area (TPSA) is 70.7 Å². The summed E-state index contributed by atoms with van der Waals surface area (Å²) in [5.74, 6) is -0.0509. The van der Waals surface area contributed by atoms with Crippen molar-refractivity contribution < 1.29 is 4.79 Å². The quantitative estimate of drug-likeness (QED) is 0.609. The molecule has 0 aliphatic carbocycles. The molecule has 1 heterocycles. The molecule has 1 unspecified atom stereocenters. The van der Waals surface area contributed by atoms with Crippen molar-refractivity contribution in [1.29, 1.82) is 5.26 Å². The smallest absolute Gasteiger partial charge is 0.262 e. The largest absolute Gasteiger partial charge is 0.345 e. The average Bonchev–Trinajstić information content (AvgIpc) is 2.86. The zero-order valence-electron chi connectivity index (χ0n) is 15.5. The Hall–Kier alpha value is -2.58. The number of nitrogens with one attached hydrogen (secondary N) is 1. The van der Waals surface area contributed by atoms with Crippen LogP contribution in [0.3, 0.4) is 0 Å². The number of rotatable bonds is 6. The molecule has 1 aromatic heterocycles. The molecule has 0 aliphatic heterocycles. The van der Waals surface area contributed by atoms with Crippen LogP contribution in [0.15, 0.2) is 35.9 Å². The molecule has 6 heteroatoms. The van der Waals surface area contributed by atoms with Crippen molar-refractivity contribution in [3.05, 3.63) is 57.9 Å². The van der Waals surface area contributed by atoms with Gasteiger partial charge in [-0.2, -0.15) is 10.4 Å². The number of nitriles is 1. The number of aryl methyl sites for hydroxylation is 1. The zero-order chi connectivity index (χ0) is 19.3. The minimum Gasteiger partial charge on any atom is -0.345 e. The van der Waals surface area contributed by atoms with Gasteiger partial charge in [0.25, 0.3) is 5.91 Å². The van der Waals surface area contributed by atoms with Crippen molar-refractivity contribution >= 4 is 23.6 Å². The van der Waals surface area contributed by atoms with Crippen molar-refractivity contribution in [2.24, 2.45) is 5.92 Å². The van der Waals surface area contributed by atoms with E-state index in [9.17, 15) is 10.1 Å². The SMILES string of the molecule is Cc1nn(CC(C)C)c(Cl)c1/C=C(\C#N)C(=O)NC(C)c1ccccc1. The molecule has 0 bridgehead atoms. The summed E-state index contributed by atoms with van der Waals surface area (Å²) in [7, 11) is 0. The second-order valence-corrected chi connectivity index (χ2v) is 7.00. The van der Waals surface area contributed by atoms with Gasteiger partial charge in [0.2, 0.25) is 0 Å². The Morgan fingerprint density at radius 2 is 2.00 bits per heavy atom. The lowest BCUT2D eigenvalue weighted by atomic mass is 10.1. The van der Waals surface area contributed by atoms with E-state index in [2.05, 4.69) is 24.3 Å². The van der Waals surface area contributed by atoms with Gasteiger partial charge in [0.05, 0.1) is 11.7 Å². The summed E-state index contributed by atoms with van der Waals surface area (Å²) in [5, 5.41) is 17.1. The molecular weight excluding hydrogens is 348 g/mol. The number of benzene rings is 1. The van der Waals surface area contributed by atoms with Crippen LogP contribution in [0.25, 0.3) is 6.08 Å². The van der Waals surface area contributed by atoms with Gasteiger partial charge in [-0.25, -0.2) is 0 Å². The van der Waals surface area contributed by atoms with E-state index < -0.39 is 5.91 Å². The molecular formula is C20H23ClN4O. The van der Waals surface area contributed by atoms with E-state index in [1.165, 1.54) is 6.08 Å². The molecule has 26 heavy (non-hydrogen) atoms. The molecule has 0 saturated heterocycles. The molecule has 1 amide bonds. The molecule has 1 atom stereocenters. The maximum Gasteiger partial charge on any atom is 0.262 e. The van der Waals surface area contributed by atoms with Gasteiger partial charge in [-0.1, -0.05) is 55.8 Å². The van der Waals surface area contributed by atoms with Crippen molar-refractivity contribution in [3.8, 4) is 6.07 Å². The first-order valence-corrected chi connectivity index (χ1v) is 8.91. The van der Waals surface area contributed by atoms with E-state index in [1.54, 1.807) is 4.68 Å². The highest BCUT2D eigenvalue weighted by molar-refractivity contribution is 6.31. The molecule has 5 nitrogen and oxygen atoms in total. The van der Waals surface area contributed by atoms with Gasteiger partial charge in [-0.05, 0) is 31.4 Å². The van der Waals surface area contributed by atoms with E-state index >= 15 is 0 Å². The summed E-state index contributed by atoms with van der Waals surface area (Å²) in [4.78, 5) is 12.5. The Bertz CT molecular complexity index is 847. The molecule has 0 saturated carbocycles. The summed E-state index contributed by atoms with van der Waals surface area (Å²) in [6, 6.07) is 11.3. The zero-order valence-corrected chi connectivity index (χ0v) is 16.2. The minimum atomic E-state index is -0.434. The third-order valence-electron chi connectivity index (χ3n) is 3.95. The van der Waals surface area contributed by atoms with Crippen molar-refractivity contribution in [2.75, 3.05) is 0 Å². The maximum atomic E-state index is 12.5. The highest BCUT2D eigenvalue weighted by Crippen LogP contribution is 2.24. The molecule has 2 rings (SSSR count). The number of halogens is 1. The van der Waals surface area contributed by atoms with Crippen molar-refractivity contribution in [1.82, 2.24) is 15.1 Å². The lowest BCUT2D eigenvalue weighted by Gasteiger charge is -2.13. The van der Waals surface area contributed by atoms with E-state index in [4.69, 9.17) is 11.6 Å². The normalized spacial score (nSPS) is 12.7.